The second kappa shape index (κ2) is 10.2. The molecule has 1 amide bonds. The van der Waals surface area contributed by atoms with Gasteiger partial charge in [0.05, 0.1) is 5.60 Å². The molecule has 41 heavy (non-hydrogen) atoms. The second-order valence-electron chi connectivity index (χ2n) is 13.3. The average molecular weight is 560 g/mol. The smallest absolute Gasteiger partial charge is 0.326 e. The molecule has 0 radical (unpaired) electrons. The number of aromatic amines is 1. The van der Waals surface area contributed by atoms with Gasteiger partial charge in [0.15, 0.2) is 6.61 Å². The summed E-state index contributed by atoms with van der Waals surface area (Å²) in [6, 6.07) is 6.58. The summed E-state index contributed by atoms with van der Waals surface area (Å²) in [4.78, 5) is 33.0. The van der Waals surface area contributed by atoms with E-state index in [0.717, 1.165) is 55.0 Å². The Morgan fingerprint density at radius 3 is 2.73 bits per heavy atom. The van der Waals surface area contributed by atoms with E-state index in [0.29, 0.717) is 23.5 Å². The minimum atomic E-state index is -1.10. The van der Waals surface area contributed by atoms with E-state index in [1.807, 2.05) is 37.3 Å². The predicted molar refractivity (Wildman–Crippen MR) is 157 cm³/mol. The summed E-state index contributed by atoms with van der Waals surface area (Å²) in [5.74, 6) is 0.0834. The highest BCUT2D eigenvalue weighted by Gasteiger charge is 2.62. The maximum Gasteiger partial charge on any atom is 0.326 e. The fourth-order valence-corrected chi connectivity index (χ4v) is 8.63. The number of nitrogens with zero attached hydrogens (tertiary/aromatic N) is 1. The van der Waals surface area contributed by atoms with Gasteiger partial charge < -0.3 is 25.4 Å². The van der Waals surface area contributed by atoms with Crippen molar-refractivity contribution < 1.29 is 24.6 Å². The van der Waals surface area contributed by atoms with Gasteiger partial charge in [0, 0.05) is 28.9 Å². The molecule has 0 saturated heterocycles. The number of oxime groups is 1. The van der Waals surface area contributed by atoms with E-state index in [-0.39, 0.29) is 23.9 Å². The predicted octanol–water partition coefficient (Wildman–Crippen LogP) is 5.14. The van der Waals surface area contributed by atoms with Crippen molar-refractivity contribution in [3.05, 3.63) is 59.8 Å². The van der Waals surface area contributed by atoms with Crippen molar-refractivity contribution in [3.63, 3.8) is 0 Å². The molecule has 4 N–H and O–H groups in total. The minimum Gasteiger partial charge on any atom is -0.480 e. The Morgan fingerprint density at radius 2 is 1.93 bits per heavy atom. The van der Waals surface area contributed by atoms with Crippen molar-refractivity contribution >= 4 is 28.5 Å². The summed E-state index contributed by atoms with van der Waals surface area (Å²) in [7, 11) is 0. The number of benzene rings is 1. The summed E-state index contributed by atoms with van der Waals surface area (Å²) >= 11 is 0. The molecule has 3 fully saturated rings. The molecule has 4 aliphatic rings. The van der Waals surface area contributed by atoms with E-state index < -0.39 is 23.5 Å². The summed E-state index contributed by atoms with van der Waals surface area (Å²) < 4.78 is 0. The quantitative estimate of drug-likeness (QED) is 0.350. The molecule has 4 aliphatic carbocycles. The monoisotopic (exact) mass is 559 g/mol. The van der Waals surface area contributed by atoms with E-state index >= 15 is 0 Å². The largest absolute Gasteiger partial charge is 0.480 e. The van der Waals surface area contributed by atoms with E-state index in [9.17, 15) is 19.8 Å². The Morgan fingerprint density at radius 1 is 1.15 bits per heavy atom. The summed E-state index contributed by atoms with van der Waals surface area (Å²) in [5, 5.41) is 28.6. The first-order chi connectivity index (χ1) is 19.5. The molecular formula is C33H41N3O5. The maximum atomic E-state index is 12.6. The van der Waals surface area contributed by atoms with Crippen molar-refractivity contribution in [2.45, 2.75) is 77.4 Å². The van der Waals surface area contributed by atoms with Crippen LogP contribution in [0.1, 0.15) is 64.9 Å². The highest BCUT2D eigenvalue weighted by atomic mass is 16.6. The van der Waals surface area contributed by atoms with E-state index in [2.05, 4.69) is 41.5 Å². The van der Waals surface area contributed by atoms with Crippen molar-refractivity contribution in [3.8, 4) is 0 Å². The molecule has 1 aromatic heterocycles. The molecule has 0 unspecified atom stereocenters. The first-order valence-electron chi connectivity index (χ1n) is 14.9. The van der Waals surface area contributed by atoms with Crippen LogP contribution in [0.15, 0.2) is 59.4 Å². The van der Waals surface area contributed by atoms with Crippen LogP contribution in [0.2, 0.25) is 0 Å². The molecule has 0 bridgehead atoms. The molecule has 0 spiro atoms. The number of amides is 1. The SMILES string of the molecule is C[C@]12C=C/C(=N/OCC(=O)N[C@@H](Cc3c[nH]c4ccccc34)C(=O)O)C=C1CC[C@@H]1[C@@H]2CC[C@@]2(C)[C@H]1CC[C@]2(C)O. The molecule has 1 aromatic carbocycles. The van der Waals surface area contributed by atoms with Gasteiger partial charge in [-0.25, -0.2) is 4.79 Å². The molecule has 8 heteroatoms. The van der Waals surface area contributed by atoms with E-state index in [4.69, 9.17) is 4.84 Å². The fraction of sp³-hybridized carbons (Fsp3) is 0.545. The van der Waals surface area contributed by atoms with Gasteiger partial charge in [-0.2, -0.15) is 0 Å². The van der Waals surface area contributed by atoms with E-state index in [1.165, 1.54) is 5.57 Å². The molecule has 0 aliphatic heterocycles. The topological polar surface area (TPSA) is 124 Å². The molecule has 6 rings (SSSR count). The number of H-pyrrole nitrogens is 1. The lowest BCUT2D eigenvalue weighted by Gasteiger charge is -2.58. The highest BCUT2D eigenvalue weighted by molar-refractivity contribution is 6.05. The maximum absolute atomic E-state index is 12.6. The van der Waals surface area contributed by atoms with Crippen LogP contribution in [0, 0.1) is 28.6 Å². The number of carboxylic acids is 1. The molecule has 1 heterocycles. The molecule has 8 nitrogen and oxygen atoms in total. The van der Waals surface area contributed by atoms with Gasteiger partial charge >= 0.3 is 5.97 Å². The van der Waals surface area contributed by atoms with Crippen molar-refractivity contribution in [2.24, 2.45) is 33.7 Å². The lowest BCUT2D eigenvalue weighted by Crippen LogP contribution is -2.53. The number of aliphatic hydroxyl groups is 1. The normalized spacial score (nSPS) is 35.8. The third-order valence-electron chi connectivity index (χ3n) is 11.2. The van der Waals surface area contributed by atoms with Gasteiger partial charge in [0.2, 0.25) is 0 Å². The molecule has 7 atom stereocenters. The number of nitrogens with one attached hydrogen (secondary N) is 2. The highest BCUT2D eigenvalue weighted by Crippen LogP contribution is 2.66. The zero-order chi connectivity index (χ0) is 29.0. The van der Waals surface area contributed by atoms with Gasteiger partial charge in [0.25, 0.3) is 5.91 Å². The Kier molecular flexibility index (Phi) is 6.88. The Hall–Kier alpha value is -3.39. The number of para-hydroxylation sites is 1. The van der Waals surface area contributed by atoms with Crippen molar-refractivity contribution in [2.75, 3.05) is 6.61 Å². The Labute approximate surface area is 240 Å². The van der Waals surface area contributed by atoms with Gasteiger partial charge in [-0.1, -0.05) is 48.9 Å². The van der Waals surface area contributed by atoms with Crippen LogP contribution in [-0.4, -0.2) is 51.0 Å². The number of carboxylic acid groups (broad SMARTS) is 1. The van der Waals surface area contributed by atoms with Crippen LogP contribution in [0.25, 0.3) is 10.9 Å². The number of rotatable bonds is 7. The first-order valence-corrected chi connectivity index (χ1v) is 14.9. The number of aromatic nitrogens is 1. The van der Waals surface area contributed by atoms with Crippen molar-refractivity contribution in [1.82, 2.24) is 10.3 Å². The van der Waals surface area contributed by atoms with E-state index in [1.54, 1.807) is 6.20 Å². The number of allylic oxidation sites excluding steroid dienone is 4. The van der Waals surface area contributed by atoms with Crippen LogP contribution in [0.5, 0.6) is 0 Å². The standard InChI is InChI=1S/C33H41N3O5/c1-31-13-10-22(17-21(31)8-9-24-25(31)11-14-32(2)26(24)12-15-33(32,3)40)36-41-19-29(37)35-28(30(38)39)16-20-18-34-27-7-5-4-6-23(20)27/h4-7,10,13,17-18,24-26,28,34,40H,8-9,11-12,14-16,19H2,1-3H3,(H,35,37)(H,38,39)/b36-22-/t24-,25+,26+,28+,31+,32+,33+/m1/s1. The van der Waals surface area contributed by atoms with Crippen LogP contribution in [-0.2, 0) is 20.8 Å². The second-order valence-corrected chi connectivity index (χ2v) is 13.3. The lowest BCUT2D eigenvalue weighted by atomic mass is 9.47. The van der Waals surface area contributed by atoms with Crippen LogP contribution < -0.4 is 5.32 Å². The van der Waals surface area contributed by atoms with Gasteiger partial charge in [-0.15, -0.1) is 0 Å². The fourth-order valence-electron chi connectivity index (χ4n) is 8.63. The van der Waals surface area contributed by atoms with Crippen LogP contribution in [0.3, 0.4) is 0 Å². The summed E-state index contributed by atoms with van der Waals surface area (Å²) in [6.07, 6.45) is 14.6. The molecule has 218 valence electrons. The minimum absolute atomic E-state index is 0.000224. The van der Waals surface area contributed by atoms with Crippen molar-refractivity contribution in [1.29, 1.82) is 0 Å². The number of fused-ring (bicyclic) bond motifs is 6. The molecule has 2 aromatic rings. The Balaban J connectivity index is 1.07. The van der Waals surface area contributed by atoms with Gasteiger partial charge in [0.1, 0.15) is 11.8 Å². The number of aliphatic carboxylic acids is 1. The van der Waals surface area contributed by atoms with Gasteiger partial charge in [-0.3, -0.25) is 4.79 Å². The van der Waals surface area contributed by atoms with Gasteiger partial charge in [-0.05, 0) is 92.4 Å². The lowest BCUT2D eigenvalue weighted by molar-refractivity contribution is -0.142. The summed E-state index contributed by atoms with van der Waals surface area (Å²) in [6.45, 7) is 6.33. The first kappa shape index (κ1) is 27.8. The van der Waals surface area contributed by atoms with Crippen LogP contribution >= 0.6 is 0 Å². The summed E-state index contributed by atoms with van der Waals surface area (Å²) in [5.41, 5.74) is 3.16. The number of carbonyl (C=O) groups is 2. The third-order valence-corrected chi connectivity index (χ3v) is 11.2. The molecule has 3 saturated carbocycles. The zero-order valence-corrected chi connectivity index (χ0v) is 24.2. The third kappa shape index (κ3) is 4.70. The number of hydrogen-bond donors (Lipinski definition) is 4. The van der Waals surface area contributed by atoms with Crippen LogP contribution in [0.4, 0.5) is 0 Å². The number of hydrogen-bond acceptors (Lipinski definition) is 5. The zero-order valence-electron chi connectivity index (χ0n) is 24.2. The average Bonchev–Trinajstić information content (AvgIpc) is 3.45. The Bertz CT molecular complexity index is 1450. The molecular weight excluding hydrogens is 518 g/mol. The number of carbonyl (C=O) groups excluding carboxylic acids is 1.